The number of nitrogens with zero attached hydrogens (tertiary/aromatic N) is 1. The molecule has 0 saturated carbocycles. The minimum atomic E-state index is 0.534. The Morgan fingerprint density at radius 2 is 2.06 bits per heavy atom. The fourth-order valence-electron chi connectivity index (χ4n) is 2.85. The van der Waals surface area contributed by atoms with Crippen LogP contribution < -0.4 is 5.32 Å². The summed E-state index contributed by atoms with van der Waals surface area (Å²) >= 11 is 0. The van der Waals surface area contributed by atoms with Crippen LogP contribution in [0.2, 0.25) is 0 Å². The monoisotopic (exact) mass is 235 g/mol. The Hall–Kier alpha value is -0.870. The van der Waals surface area contributed by atoms with Gasteiger partial charge < -0.3 is 15.0 Å². The number of aromatic nitrogens is 2. The molecule has 1 aromatic rings. The van der Waals surface area contributed by atoms with Gasteiger partial charge in [0.1, 0.15) is 5.82 Å². The summed E-state index contributed by atoms with van der Waals surface area (Å²) in [6.07, 6.45) is 6.83. The SMILES string of the molecule is c1nc(C2CCNCC2)[nH]c1C1CCCOC1. The minimum absolute atomic E-state index is 0.534. The van der Waals surface area contributed by atoms with E-state index in [4.69, 9.17) is 4.74 Å². The average molecular weight is 235 g/mol. The maximum Gasteiger partial charge on any atom is 0.109 e. The summed E-state index contributed by atoms with van der Waals surface area (Å²) in [5.74, 6) is 2.34. The van der Waals surface area contributed by atoms with E-state index in [2.05, 4.69) is 15.3 Å². The van der Waals surface area contributed by atoms with Gasteiger partial charge in [0.2, 0.25) is 0 Å². The molecule has 3 rings (SSSR count). The molecule has 0 amide bonds. The molecule has 2 aliphatic rings. The number of ether oxygens (including phenoxy) is 1. The van der Waals surface area contributed by atoms with Crippen molar-refractivity contribution in [2.45, 2.75) is 37.5 Å². The Bertz CT molecular complexity index is 319. The van der Waals surface area contributed by atoms with Crippen LogP contribution in [-0.2, 0) is 4.74 Å². The number of hydrogen-bond acceptors (Lipinski definition) is 3. The predicted octanol–water partition coefficient (Wildman–Crippen LogP) is 1.77. The summed E-state index contributed by atoms with van der Waals surface area (Å²) in [6, 6.07) is 0. The molecule has 0 aliphatic carbocycles. The molecule has 1 unspecified atom stereocenters. The van der Waals surface area contributed by atoms with E-state index in [1.807, 2.05) is 6.20 Å². The van der Waals surface area contributed by atoms with Gasteiger partial charge >= 0.3 is 0 Å². The molecule has 4 nitrogen and oxygen atoms in total. The van der Waals surface area contributed by atoms with Crippen molar-refractivity contribution in [2.24, 2.45) is 0 Å². The van der Waals surface area contributed by atoms with Gasteiger partial charge in [-0.3, -0.25) is 0 Å². The van der Waals surface area contributed by atoms with E-state index in [1.54, 1.807) is 0 Å². The van der Waals surface area contributed by atoms with E-state index < -0.39 is 0 Å². The van der Waals surface area contributed by atoms with Crippen LogP contribution >= 0.6 is 0 Å². The van der Waals surface area contributed by atoms with Crippen LogP contribution in [0.1, 0.15) is 49.0 Å². The standard InChI is InChI=1S/C13H21N3O/c1-2-11(9-17-7-1)12-8-15-13(16-12)10-3-5-14-6-4-10/h8,10-11,14H,1-7,9H2,(H,15,16). The van der Waals surface area contributed by atoms with Gasteiger partial charge in [0.25, 0.3) is 0 Å². The summed E-state index contributed by atoms with van der Waals surface area (Å²) in [4.78, 5) is 8.11. The second-order valence-corrected chi connectivity index (χ2v) is 5.16. The highest BCUT2D eigenvalue weighted by atomic mass is 16.5. The molecule has 94 valence electrons. The number of piperidine rings is 1. The van der Waals surface area contributed by atoms with Gasteiger partial charge in [0, 0.05) is 30.3 Å². The van der Waals surface area contributed by atoms with Gasteiger partial charge in [0.15, 0.2) is 0 Å². The number of H-pyrrole nitrogens is 1. The molecule has 0 aromatic carbocycles. The molecule has 0 spiro atoms. The summed E-state index contributed by atoms with van der Waals surface area (Å²) < 4.78 is 5.53. The Morgan fingerprint density at radius 3 is 2.82 bits per heavy atom. The molecule has 1 aromatic heterocycles. The van der Waals surface area contributed by atoms with Crippen molar-refractivity contribution < 1.29 is 4.74 Å². The van der Waals surface area contributed by atoms with Crippen LogP contribution in [0, 0.1) is 0 Å². The second-order valence-electron chi connectivity index (χ2n) is 5.16. The first-order chi connectivity index (χ1) is 8.43. The number of rotatable bonds is 2. The lowest BCUT2D eigenvalue weighted by atomic mass is 9.97. The molecule has 17 heavy (non-hydrogen) atoms. The van der Waals surface area contributed by atoms with Crippen molar-refractivity contribution in [3.05, 3.63) is 17.7 Å². The zero-order chi connectivity index (χ0) is 11.5. The molecule has 3 heterocycles. The van der Waals surface area contributed by atoms with E-state index in [1.165, 1.54) is 37.2 Å². The third-order valence-electron chi connectivity index (χ3n) is 3.94. The highest BCUT2D eigenvalue weighted by molar-refractivity contribution is 5.11. The van der Waals surface area contributed by atoms with Crippen molar-refractivity contribution in [3.8, 4) is 0 Å². The fraction of sp³-hybridized carbons (Fsp3) is 0.769. The van der Waals surface area contributed by atoms with Gasteiger partial charge in [-0.25, -0.2) is 4.98 Å². The summed E-state index contributed by atoms with van der Waals surface area (Å²) in [5.41, 5.74) is 1.28. The highest BCUT2D eigenvalue weighted by Crippen LogP contribution is 2.27. The Morgan fingerprint density at radius 1 is 1.18 bits per heavy atom. The smallest absolute Gasteiger partial charge is 0.109 e. The molecule has 0 radical (unpaired) electrons. The molecule has 1 atom stereocenters. The van der Waals surface area contributed by atoms with E-state index in [9.17, 15) is 0 Å². The van der Waals surface area contributed by atoms with Crippen molar-refractivity contribution in [3.63, 3.8) is 0 Å². The number of aromatic amines is 1. The van der Waals surface area contributed by atoms with E-state index in [0.29, 0.717) is 11.8 Å². The summed E-state index contributed by atoms with van der Waals surface area (Å²) in [7, 11) is 0. The minimum Gasteiger partial charge on any atom is -0.381 e. The molecule has 2 fully saturated rings. The Balaban J connectivity index is 1.68. The Kier molecular flexibility index (Phi) is 3.43. The average Bonchev–Trinajstić information content (AvgIpc) is 2.90. The number of nitrogens with one attached hydrogen (secondary N) is 2. The highest BCUT2D eigenvalue weighted by Gasteiger charge is 2.22. The number of imidazole rings is 1. The van der Waals surface area contributed by atoms with Gasteiger partial charge in [-0.1, -0.05) is 0 Å². The van der Waals surface area contributed by atoms with Gasteiger partial charge in [0.05, 0.1) is 6.61 Å². The van der Waals surface area contributed by atoms with E-state index >= 15 is 0 Å². The fourth-order valence-corrected chi connectivity index (χ4v) is 2.85. The van der Waals surface area contributed by atoms with Crippen molar-refractivity contribution in [1.82, 2.24) is 15.3 Å². The van der Waals surface area contributed by atoms with Crippen LogP contribution in [0.15, 0.2) is 6.20 Å². The number of hydrogen-bond donors (Lipinski definition) is 2. The quantitative estimate of drug-likeness (QED) is 0.821. The topological polar surface area (TPSA) is 49.9 Å². The second kappa shape index (κ2) is 5.19. The first kappa shape index (κ1) is 11.2. The van der Waals surface area contributed by atoms with E-state index in [0.717, 1.165) is 26.3 Å². The van der Waals surface area contributed by atoms with Crippen LogP contribution in [0.25, 0.3) is 0 Å². The first-order valence-electron chi connectivity index (χ1n) is 6.77. The van der Waals surface area contributed by atoms with Crippen molar-refractivity contribution >= 4 is 0 Å². The lowest BCUT2D eigenvalue weighted by Gasteiger charge is -2.22. The largest absolute Gasteiger partial charge is 0.381 e. The summed E-state index contributed by atoms with van der Waals surface area (Å²) in [5, 5.41) is 3.39. The summed E-state index contributed by atoms with van der Waals surface area (Å²) in [6.45, 7) is 4.01. The van der Waals surface area contributed by atoms with Crippen LogP contribution in [0.4, 0.5) is 0 Å². The van der Waals surface area contributed by atoms with Crippen LogP contribution in [0.3, 0.4) is 0 Å². The lowest BCUT2D eigenvalue weighted by Crippen LogP contribution is -2.27. The first-order valence-corrected chi connectivity index (χ1v) is 6.77. The van der Waals surface area contributed by atoms with Crippen molar-refractivity contribution in [2.75, 3.05) is 26.3 Å². The normalized spacial score (nSPS) is 27.2. The molecular formula is C13H21N3O. The van der Waals surface area contributed by atoms with Gasteiger partial charge in [-0.05, 0) is 38.8 Å². The zero-order valence-corrected chi connectivity index (χ0v) is 10.2. The molecule has 0 bridgehead atoms. The van der Waals surface area contributed by atoms with Gasteiger partial charge in [-0.15, -0.1) is 0 Å². The Labute approximate surface area is 102 Å². The maximum atomic E-state index is 5.53. The maximum absolute atomic E-state index is 5.53. The van der Waals surface area contributed by atoms with E-state index in [-0.39, 0.29) is 0 Å². The van der Waals surface area contributed by atoms with Crippen LogP contribution in [-0.4, -0.2) is 36.3 Å². The molecule has 2 aliphatic heterocycles. The van der Waals surface area contributed by atoms with Gasteiger partial charge in [-0.2, -0.15) is 0 Å². The lowest BCUT2D eigenvalue weighted by molar-refractivity contribution is 0.0794. The molecule has 2 saturated heterocycles. The predicted molar refractivity (Wildman–Crippen MR) is 66.2 cm³/mol. The van der Waals surface area contributed by atoms with Crippen molar-refractivity contribution in [1.29, 1.82) is 0 Å². The molecular weight excluding hydrogens is 214 g/mol. The third-order valence-corrected chi connectivity index (χ3v) is 3.94. The zero-order valence-electron chi connectivity index (χ0n) is 10.2. The third kappa shape index (κ3) is 2.53. The molecule has 4 heteroatoms. The molecule has 2 N–H and O–H groups in total. The van der Waals surface area contributed by atoms with Crippen LogP contribution in [0.5, 0.6) is 0 Å².